The van der Waals surface area contributed by atoms with Crippen molar-refractivity contribution >= 4 is 23.0 Å². The van der Waals surface area contributed by atoms with Crippen LogP contribution < -0.4 is 0 Å². The molecule has 3 aromatic rings. The lowest BCUT2D eigenvalue weighted by atomic mass is 10.2. The number of carbonyl (C=O) groups excluding carboxylic acids is 1. The van der Waals surface area contributed by atoms with Crippen molar-refractivity contribution in [3.8, 4) is 0 Å². The van der Waals surface area contributed by atoms with Crippen LogP contribution in [0.5, 0.6) is 0 Å². The van der Waals surface area contributed by atoms with Gasteiger partial charge in [-0.25, -0.2) is 4.98 Å². The first-order chi connectivity index (χ1) is 12.3. The maximum absolute atomic E-state index is 12.5. The van der Waals surface area contributed by atoms with E-state index in [-0.39, 0.29) is 19.1 Å². The number of hydrogen-bond acceptors (Lipinski definition) is 4. The minimum absolute atomic E-state index is 0.0812. The zero-order valence-corrected chi connectivity index (χ0v) is 13.7. The van der Waals surface area contributed by atoms with Gasteiger partial charge < -0.3 is 10.0 Å². The van der Waals surface area contributed by atoms with Crippen LogP contribution in [0.4, 0.5) is 0 Å². The van der Waals surface area contributed by atoms with Crippen molar-refractivity contribution in [1.82, 2.24) is 14.9 Å². The fraction of sp³-hybridized carbons (Fsp3) is 0.150. The van der Waals surface area contributed by atoms with Crippen molar-refractivity contribution in [3.63, 3.8) is 0 Å². The summed E-state index contributed by atoms with van der Waals surface area (Å²) in [5.41, 5.74) is 3.24. The first kappa shape index (κ1) is 16.8. The maximum Gasteiger partial charge on any atom is 0.247 e. The summed E-state index contributed by atoms with van der Waals surface area (Å²) in [5, 5.41) is 9.23. The van der Waals surface area contributed by atoms with E-state index in [1.54, 1.807) is 17.2 Å². The van der Waals surface area contributed by atoms with Gasteiger partial charge in [0.05, 0.1) is 29.5 Å². The molecule has 0 radical (unpaired) electrons. The lowest BCUT2D eigenvalue weighted by Crippen LogP contribution is -2.31. The minimum atomic E-state index is -0.173. The molecule has 1 aromatic heterocycles. The summed E-state index contributed by atoms with van der Waals surface area (Å²) in [6, 6.07) is 17.3. The standard InChI is InChI=1S/C20H19N3O2/c24-13-12-23(15-16-6-2-1-3-7-16)20(25)11-10-17-14-21-18-8-4-5-9-19(18)22-17/h1-11,14,24H,12-13,15H2/b11-10+. The lowest BCUT2D eigenvalue weighted by molar-refractivity contribution is -0.127. The molecule has 3 rings (SSSR count). The second-order valence-electron chi connectivity index (χ2n) is 5.59. The first-order valence-electron chi connectivity index (χ1n) is 8.10. The molecule has 126 valence electrons. The number of fused-ring (bicyclic) bond motifs is 1. The van der Waals surface area contributed by atoms with Crippen molar-refractivity contribution in [2.45, 2.75) is 6.54 Å². The summed E-state index contributed by atoms with van der Waals surface area (Å²) in [6.45, 7) is 0.650. The summed E-state index contributed by atoms with van der Waals surface area (Å²) in [6.07, 6.45) is 4.76. The summed E-state index contributed by atoms with van der Waals surface area (Å²) >= 11 is 0. The van der Waals surface area contributed by atoms with Gasteiger partial charge in [0, 0.05) is 19.2 Å². The van der Waals surface area contributed by atoms with Crippen molar-refractivity contribution in [3.05, 3.63) is 78.1 Å². The third-order valence-corrected chi connectivity index (χ3v) is 3.76. The SMILES string of the molecule is O=C(/C=C/c1cnc2ccccc2n1)N(CCO)Cc1ccccc1. The molecule has 2 aromatic carbocycles. The fourth-order valence-electron chi connectivity index (χ4n) is 2.51. The van der Waals surface area contributed by atoms with Crippen LogP contribution in [0.1, 0.15) is 11.3 Å². The Kier molecular flexibility index (Phi) is 5.49. The molecule has 25 heavy (non-hydrogen) atoms. The van der Waals surface area contributed by atoms with E-state index in [1.807, 2.05) is 54.6 Å². The average molecular weight is 333 g/mol. The molecule has 0 aliphatic heterocycles. The highest BCUT2D eigenvalue weighted by molar-refractivity contribution is 5.91. The van der Waals surface area contributed by atoms with Crippen LogP contribution in [0.2, 0.25) is 0 Å². The lowest BCUT2D eigenvalue weighted by Gasteiger charge is -2.20. The molecule has 5 heteroatoms. The van der Waals surface area contributed by atoms with E-state index in [0.29, 0.717) is 12.2 Å². The number of aromatic nitrogens is 2. The Balaban J connectivity index is 1.73. The molecule has 1 amide bonds. The molecule has 0 unspecified atom stereocenters. The number of benzene rings is 2. The smallest absolute Gasteiger partial charge is 0.247 e. The Morgan fingerprint density at radius 3 is 2.52 bits per heavy atom. The Labute approximate surface area is 146 Å². The molecule has 0 atom stereocenters. The van der Waals surface area contributed by atoms with Crippen LogP contribution >= 0.6 is 0 Å². The second-order valence-corrected chi connectivity index (χ2v) is 5.59. The number of aliphatic hydroxyl groups excluding tert-OH is 1. The molecule has 1 N–H and O–H groups in total. The van der Waals surface area contributed by atoms with Crippen LogP contribution in [0.25, 0.3) is 17.1 Å². The first-order valence-corrected chi connectivity index (χ1v) is 8.10. The predicted octanol–water partition coefficient (Wildman–Crippen LogP) is 2.66. The van der Waals surface area contributed by atoms with Crippen LogP contribution in [0.3, 0.4) is 0 Å². The predicted molar refractivity (Wildman–Crippen MR) is 97.5 cm³/mol. The van der Waals surface area contributed by atoms with E-state index in [9.17, 15) is 9.90 Å². The molecule has 5 nitrogen and oxygen atoms in total. The van der Waals surface area contributed by atoms with E-state index >= 15 is 0 Å². The summed E-state index contributed by atoms with van der Waals surface area (Å²) in [4.78, 5) is 22.8. The number of para-hydroxylation sites is 2. The van der Waals surface area contributed by atoms with Gasteiger partial charge in [0.1, 0.15) is 0 Å². The molecule has 0 aliphatic carbocycles. The highest BCUT2D eigenvalue weighted by Gasteiger charge is 2.10. The molecule has 0 bridgehead atoms. The zero-order chi connectivity index (χ0) is 17.5. The highest BCUT2D eigenvalue weighted by atomic mass is 16.3. The van der Waals surface area contributed by atoms with E-state index in [2.05, 4.69) is 9.97 Å². The number of nitrogens with zero attached hydrogens (tertiary/aromatic N) is 3. The Morgan fingerprint density at radius 2 is 1.76 bits per heavy atom. The van der Waals surface area contributed by atoms with Gasteiger partial charge >= 0.3 is 0 Å². The zero-order valence-electron chi connectivity index (χ0n) is 13.7. The number of hydrogen-bond donors (Lipinski definition) is 1. The maximum atomic E-state index is 12.5. The van der Waals surface area contributed by atoms with E-state index in [4.69, 9.17) is 0 Å². The number of carbonyl (C=O) groups is 1. The number of amides is 1. The van der Waals surface area contributed by atoms with Gasteiger partial charge in [-0.05, 0) is 23.8 Å². The normalized spacial score (nSPS) is 11.1. The van der Waals surface area contributed by atoms with E-state index in [0.717, 1.165) is 16.6 Å². The van der Waals surface area contributed by atoms with Crippen LogP contribution in [-0.4, -0.2) is 39.0 Å². The second kappa shape index (κ2) is 8.17. The van der Waals surface area contributed by atoms with Crippen molar-refractivity contribution in [1.29, 1.82) is 0 Å². The van der Waals surface area contributed by atoms with Gasteiger partial charge in [0.15, 0.2) is 0 Å². The van der Waals surface area contributed by atoms with Gasteiger partial charge in [0.2, 0.25) is 5.91 Å². The van der Waals surface area contributed by atoms with Crippen molar-refractivity contribution in [2.24, 2.45) is 0 Å². The van der Waals surface area contributed by atoms with Gasteiger partial charge in [-0.3, -0.25) is 9.78 Å². The molecule has 0 spiro atoms. The van der Waals surface area contributed by atoms with Crippen molar-refractivity contribution in [2.75, 3.05) is 13.2 Å². The quantitative estimate of drug-likeness (QED) is 0.704. The van der Waals surface area contributed by atoms with E-state index in [1.165, 1.54) is 6.08 Å². The largest absolute Gasteiger partial charge is 0.395 e. The Morgan fingerprint density at radius 1 is 1.04 bits per heavy atom. The van der Waals surface area contributed by atoms with Gasteiger partial charge in [-0.15, -0.1) is 0 Å². The van der Waals surface area contributed by atoms with Crippen molar-refractivity contribution < 1.29 is 9.90 Å². The summed E-state index contributed by atoms with van der Waals surface area (Å²) in [7, 11) is 0. The number of rotatable bonds is 6. The number of aliphatic hydroxyl groups is 1. The van der Waals surface area contributed by atoms with Gasteiger partial charge in [-0.1, -0.05) is 42.5 Å². The molecular weight excluding hydrogens is 314 g/mol. The van der Waals surface area contributed by atoms with Crippen LogP contribution in [-0.2, 0) is 11.3 Å². The molecule has 0 fully saturated rings. The Bertz CT molecular complexity index is 878. The molecular formula is C20H19N3O2. The third kappa shape index (κ3) is 4.49. The van der Waals surface area contributed by atoms with E-state index < -0.39 is 0 Å². The monoisotopic (exact) mass is 333 g/mol. The molecule has 0 saturated carbocycles. The topological polar surface area (TPSA) is 66.3 Å². The highest BCUT2D eigenvalue weighted by Crippen LogP contribution is 2.10. The fourth-order valence-corrected chi connectivity index (χ4v) is 2.51. The summed E-state index contributed by atoms with van der Waals surface area (Å²) in [5.74, 6) is -0.173. The van der Waals surface area contributed by atoms with Crippen LogP contribution in [0, 0.1) is 0 Å². The molecule has 0 saturated heterocycles. The molecule has 1 heterocycles. The van der Waals surface area contributed by atoms with Gasteiger partial charge in [0.25, 0.3) is 0 Å². The average Bonchev–Trinajstić information content (AvgIpc) is 2.66. The Hall–Kier alpha value is -3.05. The summed E-state index contributed by atoms with van der Waals surface area (Å²) < 4.78 is 0. The van der Waals surface area contributed by atoms with Gasteiger partial charge in [-0.2, -0.15) is 0 Å². The third-order valence-electron chi connectivity index (χ3n) is 3.76. The molecule has 0 aliphatic rings. The van der Waals surface area contributed by atoms with Crippen LogP contribution in [0.15, 0.2) is 66.9 Å². The minimum Gasteiger partial charge on any atom is -0.395 e.